The van der Waals surface area contributed by atoms with Gasteiger partial charge in [0.2, 0.25) is 5.91 Å². The Morgan fingerprint density at radius 3 is 2.96 bits per heavy atom. The Morgan fingerprint density at radius 2 is 2.20 bits per heavy atom. The van der Waals surface area contributed by atoms with E-state index in [1.54, 1.807) is 13.4 Å². The summed E-state index contributed by atoms with van der Waals surface area (Å²) in [6.45, 7) is 2.15. The smallest absolute Gasteiger partial charge is 0.239 e. The summed E-state index contributed by atoms with van der Waals surface area (Å²) >= 11 is 0. The van der Waals surface area contributed by atoms with Crippen LogP contribution < -0.4 is 5.73 Å². The summed E-state index contributed by atoms with van der Waals surface area (Å²) in [4.78, 5) is 18.8. The van der Waals surface area contributed by atoms with Crippen molar-refractivity contribution in [3.63, 3.8) is 0 Å². The number of ether oxygens (including phenoxy) is 1. The van der Waals surface area contributed by atoms with E-state index in [1.165, 1.54) is 5.56 Å². The van der Waals surface area contributed by atoms with Crippen LogP contribution >= 0.6 is 0 Å². The molecule has 2 N–H and O–H groups in total. The van der Waals surface area contributed by atoms with Crippen LogP contribution in [0.1, 0.15) is 24.1 Å². The molecule has 2 heterocycles. The molecule has 6 heteroatoms. The number of rotatable bonds is 6. The molecule has 1 aliphatic rings. The molecule has 0 aliphatic carbocycles. The third-order valence-corrected chi connectivity index (χ3v) is 4.66. The Kier molecular flexibility index (Phi) is 5.83. The standard InChI is InChI=1S/C19H26N4O2/c1-25-17-8-5-9-23(13-17)19(24)18(20)10-16-12-22(14-21-16)11-15-6-3-2-4-7-15/h2-4,6-7,12,14,17-18H,5,8-11,13,20H2,1H3/t17?,18-/m0/s1. The van der Waals surface area contributed by atoms with Crippen LogP contribution in [0, 0.1) is 0 Å². The lowest BCUT2D eigenvalue weighted by atomic mass is 10.1. The Balaban J connectivity index is 1.56. The molecule has 0 saturated carbocycles. The normalized spacial score (nSPS) is 19.0. The van der Waals surface area contributed by atoms with Gasteiger partial charge in [0, 0.05) is 39.4 Å². The number of imidazole rings is 1. The van der Waals surface area contributed by atoms with E-state index in [2.05, 4.69) is 17.1 Å². The van der Waals surface area contributed by atoms with Gasteiger partial charge in [-0.25, -0.2) is 4.98 Å². The first kappa shape index (κ1) is 17.6. The lowest BCUT2D eigenvalue weighted by Gasteiger charge is -2.33. The van der Waals surface area contributed by atoms with Crippen LogP contribution in [0.25, 0.3) is 0 Å². The third-order valence-electron chi connectivity index (χ3n) is 4.66. The quantitative estimate of drug-likeness (QED) is 0.862. The number of aromatic nitrogens is 2. The van der Waals surface area contributed by atoms with Gasteiger partial charge in [0.05, 0.1) is 24.2 Å². The van der Waals surface area contributed by atoms with Crippen molar-refractivity contribution in [3.05, 3.63) is 54.1 Å². The molecular weight excluding hydrogens is 316 g/mol. The fourth-order valence-corrected chi connectivity index (χ4v) is 3.27. The number of carbonyl (C=O) groups excluding carboxylic acids is 1. The highest BCUT2D eigenvalue weighted by molar-refractivity contribution is 5.82. The second-order valence-electron chi connectivity index (χ2n) is 6.62. The Bertz CT molecular complexity index is 686. The Labute approximate surface area is 148 Å². The third kappa shape index (κ3) is 4.67. The van der Waals surface area contributed by atoms with Gasteiger partial charge in [-0.15, -0.1) is 0 Å². The molecule has 1 fully saturated rings. The fourth-order valence-electron chi connectivity index (χ4n) is 3.27. The lowest BCUT2D eigenvalue weighted by molar-refractivity contribution is -0.136. The predicted octanol–water partition coefficient (Wildman–Crippen LogP) is 1.44. The number of likely N-dealkylation sites (tertiary alicyclic amines) is 1. The first-order chi connectivity index (χ1) is 12.2. The average Bonchev–Trinajstić information content (AvgIpc) is 3.08. The number of nitrogens with two attached hydrogens (primary N) is 1. The number of carbonyl (C=O) groups is 1. The molecule has 3 rings (SSSR count). The van der Waals surface area contributed by atoms with E-state index in [4.69, 9.17) is 10.5 Å². The molecule has 134 valence electrons. The summed E-state index contributed by atoms with van der Waals surface area (Å²) in [5.74, 6) is -0.0145. The maximum Gasteiger partial charge on any atom is 0.239 e. The monoisotopic (exact) mass is 342 g/mol. The van der Waals surface area contributed by atoms with Crippen LogP contribution in [-0.4, -0.2) is 52.7 Å². The number of amides is 1. The molecule has 6 nitrogen and oxygen atoms in total. The second kappa shape index (κ2) is 8.27. The molecule has 2 aromatic rings. The zero-order valence-electron chi connectivity index (χ0n) is 14.7. The van der Waals surface area contributed by atoms with Gasteiger partial charge in [-0.05, 0) is 18.4 Å². The number of benzene rings is 1. The topological polar surface area (TPSA) is 73.4 Å². The number of hydrogen-bond donors (Lipinski definition) is 1. The molecule has 1 aromatic carbocycles. The van der Waals surface area contributed by atoms with Gasteiger partial charge in [0.25, 0.3) is 0 Å². The largest absolute Gasteiger partial charge is 0.380 e. The summed E-state index contributed by atoms with van der Waals surface area (Å²) < 4.78 is 7.40. The maximum atomic E-state index is 12.6. The van der Waals surface area contributed by atoms with Crippen molar-refractivity contribution in [2.24, 2.45) is 5.73 Å². The van der Waals surface area contributed by atoms with Gasteiger partial charge in [-0.2, -0.15) is 0 Å². The summed E-state index contributed by atoms with van der Waals surface area (Å²) in [6, 6.07) is 9.65. The summed E-state index contributed by atoms with van der Waals surface area (Å²) in [7, 11) is 1.69. The molecule has 1 aliphatic heterocycles. The first-order valence-electron chi connectivity index (χ1n) is 8.77. The van der Waals surface area contributed by atoms with Crippen molar-refractivity contribution in [1.82, 2.24) is 14.5 Å². The summed E-state index contributed by atoms with van der Waals surface area (Å²) in [5.41, 5.74) is 8.21. The highest BCUT2D eigenvalue weighted by Crippen LogP contribution is 2.14. The zero-order valence-corrected chi connectivity index (χ0v) is 14.7. The number of hydrogen-bond acceptors (Lipinski definition) is 4. The van der Waals surface area contributed by atoms with E-state index >= 15 is 0 Å². The molecule has 0 spiro atoms. The number of methoxy groups -OCH3 is 1. The summed E-state index contributed by atoms with van der Waals surface area (Å²) in [5, 5.41) is 0. The highest BCUT2D eigenvalue weighted by Gasteiger charge is 2.27. The second-order valence-corrected chi connectivity index (χ2v) is 6.62. The highest BCUT2D eigenvalue weighted by atomic mass is 16.5. The minimum atomic E-state index is -0.560. The minimum Gasteiger partial charge on any atom is -0.380 e. The van der Waals surface area contributed by atoms with Crippen LogP contribution in [0.5, 0.6) is 0 Å². The molecule has 0 bridgehead atoms. The summed E-state index contributed by atoms with van der Waals surface area (Å²) in [6.07, 6.45) is 6.29. The van der Waals surface area contributed by atoms with Crippen LogP contribution in [0.3, 0.4) is 0 Å². The molecule has 1 aromatic heterocycles. The van der Waals surface area contributed by atoms with E-state index in [0.29, 0.717) is 13.0 Å². The molecule has 2 atom stereocenters. The van der Waals surface area contributed by atoms with Gasteiger partial charge >= 0.3 is 0 Å². The van der Waals surface area contributed by atoms with Crippen molar-refractivity contribution in [1.29, 1.82) is 0 Å². The van der Waals surface area contributed by atoms with Crippen LogP contribution in [0.4, 0.5) is 0 Å². The van der Waals surface area contributed by atoms with Gasteiger partial charge in [-0.1, -0.05) is 30.3 Å². The Morgan fingerprint density at radius 1 is 1.40 bits per heavy atom. The fraction of sp³-hybridized carbons (Fsp3) is 0.474. The van der Waals surface area contributed by atoms with E-state index < -0.39 is 6.04 Å². The van der Waals surface area contributed by atoms with E-state index in [1.807, 2.05) is 33.9 Å². The first-order valence-corrected chi connectivity index (χ1v) is 8.77. The van der Waals surface area contributed by atoms with Crippen molar-refractivity contribution in [3.8, 4) is 0 Å². The minimum absolute atomic E-state index is 0.0145. The van der Waals surface area contributed by atoms with E-state index in [9.17, 15) is 4.79 Å². The SMILES string of the molecule is COC1CCCN(C(=O)[C@@H](N)Cc2cn(Cc3ccccc3)cn2)C1. The van der Waals surface area contributed by atoms with E-state index in [-0.39, 0.29) is 12.0 Å². The Hall–Kier alpha value is -2.18. The molecule has 1 unspecified atom stereocenters. The predicted molar refractivity (Wildman–Crippen MR) is 96.1 cm³/mol. The van der Waals surface area contributed by atoms with Gasteiger partial charge in [-0.3, -0.25) is 4.79 Å². The van der Waals surface area contributed by atoms with Gasteiger partial charge in [0.15, 0.2) is 0 Å². The molecule has 0 radical (unpaired) electrons. The molecule has 1 saturated heterocycles. The van der Waals surface area contributed by atoms with Crippen LogP contribution in [0.15, 0.2) is 42.9 Å². The van der Waals surface area contributed by atoms with Crippen molar-refractivity contribution in [2.45, 2.75) is 38.0 Å². The maximum absolute atomic E-state index is 12.6. The lowest BCUT2D eigenvalue weighted by Crippen LogP contribution is -2.50. The number of piperidine rings is 1. The zero-order chi connectivity index (χ0) is 17.6. The van der Waals surface area contributed by atoms with E-state index in [0.717, 1.165) is 31.6 Å². The number of nitrogens with zero attached hydrogens (tertiary/aromatic N) is 3. The van der Waals surface area contributed by atoms with Crippen molar-refractivity contribution >= 4 is 5.91 Å². The van der Waals surface area contributed by atoms with Crippen molar-refractivity contribution < 1.29 is 9.53 Å². The van der Waals surface area contributed by atoms with Crippen LogP contribution in [-0.2, 0) is 22.5 Å². The van der Waals surface area contributed by atoms with Gasteiger partial charge in [0.1, 0.15) is 0 Å². The van der Waals surface area contributed by atoms with Crippen molar-refractivity contribution in [2.75, 3.05) is 20.2 Å². The van der Waals surface area contributed by atoms with Crippen LogP contribution in [0.2, 0.25) is 0 Å². The average molecular weight is 342 g/mol. The van der Waals surface area contributed by atoms with Gasteiger partial charge < -0.3 is 19.9 Å². The molecule has 25 heavy (non-hydrogen) atoms. The molecule has 1 amide bonds. The molecular formula is C19H26N4O2.